The minimum absolute atomic E-state index is 0.172. The predicted octanol–water partition coefficient (Wildman–Crippen LogP) is 5.73. The average Bonchev–Trinajstić information content (AvgIpc) is 3.36. The van der Waals surface area contributed by atoms with Crippen LogP contribution in [0.25, 0.3) is 10.9 Å². The third-order valence-corrected chi connectivity index (χ3v) is 6.10. The first-order chi connectivity index (χ1) is 16.7. The lowest BCUT2D eigenvalue weighted by Crippen LogP contribution is -2.23. The molecule has 4 rings (SSSR count). The molecule has 1 aliphatic rings. The Hall–Kier alpha value is -3.14. The van der Waals surface area contributed by atoms with E-state index in [9.17, 15) is 13.2 Å². The highest BCUT2D eigenvalue weighted by Gasteiger charge is 2.31. The van der Waals surface area contributed by atoms with Crippen LogP contribution in [0.15, 0.2) is 30.5 Å². The minimum Gasteiger partial charge on any atom is -0.493 e. The fourth-order valence-corrected chi connectivity index (χ4v) is 4.16. The fraction of sp³-hybridized carbons (Fsp3) is 0.480. The Morgan fingerprint density at radius 1 is 1.17 bits per heavy atom. The van der Waals surface area contributed by atoms with Gasteiger partial charge in [-0.3, -0.25) is 4.98 Å². The van der Waals surface area contributed by atoms with Crippen molar-refractivity contribution >= 4 is 16.7 Å². The van der Waals surface area contributed by atoms with Gasteiger partial charge in [0, 0.05) is 30.2 Å². The molecule has 0 saturated carbocycles. The van der Waals surface area contributed by atoms with Crippen molar-refractivity contribution < 1.29 is 27.4 Å². The van der Waals surface area contributed by atoms with E-state index in [0.29, 0.717) is 40.7 Å². The summed E-state index contributed by atoms with van der Waals surface area (Å²) in [6, 6.07) is 5.02. The van der Waals surface area contributed by atoms with Gasteiger partial charge in [-0.05, 0) is 44.9 Å². The maximum atomic E-state index is 13.2. The number of anilines is 1. The topological polar surface area (TPSA) is 78.4 Å². The van der Waals surface area contributed by atoms with Crippen LogP contribution in [0.4, 0.5) is 19.0 Å². The van der Waals surface area contributed by atoms with Crippen LogP contribution in [-0.2, 0) is 10.9 Å². The van der Waals surface area contributed by atoms with Crippen molar-refractivity contribution in [2.45, 2.75) is 51.9 Å². The third kappa shape index (κ3) is 5.75. The van der Waals surface area contributed by atoms with Gasteiger partial charge in [-0.25, -0.2) is 9.97 Å². The average molecular weight is 491 g/mol. The molecule has 1 N–H and O–H groups in total. The standard InChI is InChI=1S/C25H29F3N4O3/c1-14(21-6-5-9-34-21)13-35-23-11-18-20(12-22(23)33-4)31-16(3)32-24(18)30-15(2)19-10-17(7-8-29-19)25(26,27)28/h7-8,10-12,14-15,21H,5-6,9,13H2,1-4H3,(H,30,31,32)/t14?,15-,21-/m1/s1. The number of benzene rings is 1. The summed E-state index contributed by atoms with van der Waals surface area (Å²) in [6.07, 6.45) is -1.04. The van der Waals surface area contributed by atoms with Crippen LogP contribution in [0, 0.1) is 12.8 Å². The molecule has 1 saturated heterocycles. The minimum atomic E-state index is -4.45. The summed E-state index contributed by atoms with van der Waals surface area (Å²) in [4.78, 5) is 13.1. The highest BCUT2D eigenvalue weighted by atomic mass is 19.4. The number of methoxy groups -OCH3 is 1. The molecule has 188 valence electrons. The molecule has 0 amide bonds. The molecule has 2 aromatic heterocycles. The van der Waals surface area contributed by atoms with Gasteiger partial charge in [-0.2, -0.15) is 13.2 Å². The number of nitrogens with one attached hydrogen (secondary N) is 1. The molecule has 1 aromatic carbocycles. The highest BCUT2D eigenvalue weighted by Crippen LogP contribution is 2.36. The Kier molecular flexibility index (Phi) is 7.30. The first-order valence-electron chi connectivity index (χ1n) is 11.6. The Balaban J connectivity index is 1.62. The summed E-state index contributed by atoms with van der Waals surface area (Å²) in [6.45, 7) is 6.80. The summed E-state index contributed by atoms with van der Waals surface area (Å²) < 4.78 is 56.9. The SMILES string of the molecule is COc1cc2nc(C)nc(N[C@H](C)c3cc(C(F)(F)F)ccn3)c2cc1OCC(C)[C@H]1CCCO1. The number of hydrogen-bond donors (Lipinski definition) is 1. The molecule has 1 aliphatic heterocycles. The monoisotopic (exact) mass is 490 g/mol. The lowest BCUT2D eigenvalue weighted by atomic mass is 10.0. The van der Waals surface area contributed by atoms with Crippen molar-refractivity contribution in [1.29, 1.82) is 0 Å². The summed E-state index contributed by atoms with van der Waals surface area (Å²) in [5.41, 5.74) is 0.126. The number of ether oxygens (including phenoxy) is 3. The number of rotatable bonds is 8. The summed E-state index contributed by atoms with van der Waals surface area (Å²) in [5.74, 6) is 2.25. The first-order valence-corrected chi connectivity index (χ1v) is 11.6. The van der Waals surface area contributed by atoms with E-state index in [1.165, 1.54) is 0 Å². The van der Waals surface area contributed by atoms with Crippen LogP contribution in [-0.4, -0.2) is 41.4 Å². The Labute approximate surface area is 202 Å². The summed E-state index contributed by atoms with van der Waals surface area (Å²) in [5, 5.41) is 3.86. The maximum absolute atomic E-state index is 13.2. The van der Waals surface area contributed by atoms with Crippen molar-refractivity contribution in [1.82, 2.24) is 15.0 Å². The smallest absolute Gasteiger partial charge is 0.416 e. The summed E-state index contributed by atoms with van der Waals surface area (Å²) in [7, 11) is 1.56. The molecule has 10 heteroatoms. The summed E-state index contributed by atoms with van der Waals surface area (Å²) >= 11 is 0. The number of aromatic nitrogens is 3. The molecule has 3 heterocycles. The number of halogens is 3. The van der Waals surface area contributed by atoms with Gasteiger partial charge in [0.2, 0.25) is 0 Å². The van der Waals surface area contributed by atoms with E-state index in [-0.39, 0.29) is 17.7 Å². The predicted molar refractivity (Wildman–Crippen MR) is 126 cm³/mol. The maximum Gasteiger partial charge on any atom is 0.416 e. The van der Waals surface area contributed by atoms with Gasteiger partial charge in [0.1, 0.15) is 11.6 Å². The number of alkyl halides is 3. The fourth-order valence-electron chi connectivity index (χ4n) is 4.16. The molecule has 3 atom stereocenters. The first kappa shape index (κ1) is 25.0. The Morgan fingerprint density at radius 3 is 2.66 bits per heavy atom. The number of aryl methyl sites for hydroxylation is 1. The van der Waals surface area contributed by atoms with Crippen LogP contribution in [0.2, 0.25) is 0 Å². The highest BCUT2D eigenvalue weighted by molar-refractivity contribution is 5.92. The van der Waals surface area contributed by atoms with Crippen molar-refractivity contribution in [3.63, 3.8) is 0 Å². The molecule has 35 heavy (non-hydrogen) atoms. The van der Waals surface area contributed by atoms with E-state index in [2.05, 4.69) is 27.2 Å². The van der Waals surface area contributed by atoms with Crippen molar-refractivity contribution in [3.8, 4) is 11.5 Å². The second kappa shape index (κ2) is 10.2. The normalized spacial score (nSPS) is 17.9. The molecule has 0 radical (unpaired) electrons. The van der Waals surface area contributed by atoms with E-state index >= 15 is 0 Å². The van der Waals surface area contributed by atoms with E-state index in [1.807, 2.05) is 0 Å². The molecule has 3 aromatic rings. The molecule has 0 bridgehead atoms. The van der Waals surface area contributed by atoms with Crippen molar-refractivity contribution in [2.24, 2.45) is 5.92 Å². The molecule has 1 fully saturated rings. The second-order valence-corrected chi connectivity index (χ2v) is 8.81. The lowest BCUT2D eigenvalue weighted by molar-refractivity contribution is -0.137. The third-order valence-electron chi connectivity index (χ3n) is 6.10. The number of nitrogens with zero attached hydrogens (tertiary/aromatic N) is 3. The molecule has 0 spiro atoms. The molecule has 1 unspecified atom stereocenters. The Bertz CT molecular complexity index is 1180. The van der Waals surface area contributed by atoms with Gasteiger partial charge in [-0.15, -0.1) is 0 Å². The van der Waals surface area contributed by atoms with E-state index < -0.39 is 17.8 Å². The number of hydrogen-bond acceptors (Lipinski definition) is 7. The number of pyridine rings is 1. The molecule has 7 nitrogen and oxygen atoms in total. The van der Waals surface area contributed by atoms with Gasteiger partial charge in [0.25, 0.3) is 0 Å². The van der Waals surface area contributed by atoms with Gasteiger partial charge in [-0.1, -0.05) is 6.92 Å². The number of fused-ring (bicyclic) bond motifs is 1. The molecule has 0 aliphatic carbocycles. The zero-order valence-corrected chi connectivity index (χ0v) is 20.1. The van der Waals surface area contributed by atoms with Gasteiger partial charge < -0.3 is 19.5 Å². The zero-order chi connectivity index (χ0) is 25.2. The Morgan fingerprint density at radius 2 is 1.97 bits per heavy atom. The quantitative estimate of drug-likeness (QED) is 0.432. The molecular formula is C25H29F3N4O3. The van der Waals surface area contributed by atoms with Crippen molar-refractivity contribution in [2.75, 3.05) is 25.6 Å². The second-order valence-electron chi connectivity index (χ2n) is 8.81. The van der Waals surface area contributed by atoms with Gasteiger partial charge >= 0.3 is 6.18 Å². The van der Waals surface area contributed by atoms with Crippen LogP contribution in [0.1, 0.15) is 49.8 Å². The van der Waals surface area contributed by atoms with E-state index in [0.717, 1.165) is 37.8 Å². The van der Waals surface area contributed by atoms with Crippen LogP contribution >= 0.6 is 0 Å². The van der Waals surface area contributed by atoms with Gasteiger partial charge in [0.15, 0.2) is 11.5 Å². The largest absolute Gasteiger partial charge is 0.493 e. The van der Waals surface area contributed by atoms with Crippen LogP contribution in [0.5, 0.6) is 11.5 Å². The van der Waals surface area contributed by atoms with Crippen LogP contribution in [0.3, 0.4) is 0 Å². The van der Waals surface area contributed by atoms with Gasteiger partial charge in [0.05, 0.1) is 42.6 Å². The van der Waals surface area contributed by atoms with E-state index in [4.69, 9.17) is 14.2 Å². The molecular weight excluding hydrogens is 461 g/mol. The van der Waals surface area contributed by atoms with Crippen LogP contribution < -0.4 is 14.8 Å². The lowest BCUT2D eigenvalue weighted by Gasteiger charge is -2.21. The van der Waals surface area contributed by atoms with E-state index in [1.54, 1.807) is 33.1 Å². The van der Waals surface area contributed by atoms with Crippen molar-refractivity contribution in [3.05, 3.63) is 47.5 Å². The zero-order valence-electron chi connectivity index (χ0n) is 20.1.